The molecule has 2 rings (SSSR count). The zero-order valence-corrected chi connectivity index (χ0v) is 13.8. The van der Waals surface area contributed by atoms with E-state index in [9.17, 15) is 35.5 Å². The average Bonchev–Trinajstić information content (AvgIpc) is 2.80. The standard InChI is InChI=1S/C14H11F7N2O2S/c1-6-2-3-7-8(5-22)10(26-9(7)4-6)23-11(24)12(15,16)13(17,18)25-14(19,20)21/h6H,2-4H2,1H3,(H,23,24)/t6-/m1/s1. The number of fused-ring (bicyclic) bond motifs is 1. The lowest BCUT2D eigenvalue weighted by molar-refractivity contribution is -0.457. The fourth-order valence-corrected chi connectivity index (χ4v) is 3.84. The molecule has 4 nitrogen and oxygen atoms in total. The lowest BCUT2D eigenvalue weighted by Gasteiger charge is -2.25. The molecule has 1 aromatic rings. The predicted molar refractivity (Wildman–Crippen MR) is 75.9 cm³/mol. The highest BCUT2D eigenvalue weighted by molar-refractivity contribution is 7.16. The van der Waals surface area contributed by atoms with Crippen LogP contribution < -0.4 is 5.32 Å². The van der Waals surface area contributed by atoms with E-state index in [0.717, 1.165) is 11.3 Å². The Morgan fingerprint density at radius 2 is 1.88 bits per heavy atom. The van der Waals surface area contributed by atoms with E-state index < -0.39 is 29.3 Å². The number of ether oxygens (including phenoxy) is 1. The number of carbonyl (C=O) groups excluding carboxylic acids is 1. The summed E-state index contributed by atoms with van der Waals surface area (Å²) in [6, 6.07) is 1.70. The number of nitrogens with zero attached hydrogens (tertiary/aromatic N) is 1. The molecule has 0 saturated carbocycles. The molecule has 26 heavy (non-hydrogen) atoms. The van der Waals surface area contributed by atoms with Gasteiger partial charge in [-0.05, 0) is 30.7 Å². The lowest BCUT2D eigenvalue weighted by atomic mass is 9.88. The zero-order valence-electron chi connectivity index (χ0n) is 13.0. The Kier molecular flexibility index (Phi) is 5.26. The van der Waals surface area contributed by atoms with Gasteiger partial charge in [-0.2, -0.15) is 22.8 Å². The Morgan fingerprint density at radius 3 is 2.42 bits per heavy atom. The number of nitrogens with one attached hydrogen (secondary N) is 1. The minimum Gasteiger partial charge on any atom is -0.311 e. The Labute approximate surface area is 146 Å². The lowest BCUT2D eigenvalue weighted by Crippen LogP contribution is -2.53. The molecule has 1 amide bonds. The molecular formula is C14H11F7N2O2S. The molecule has 1 aliphatic rings. The first-order chi connectivity index (χ1) is 11.8. The molecule has 144 valence electrons. The molecule has 1 aromatic heterocycles. The van der Waals surface area contributed by atoms with Crippen molar-refractivity contribution in [2.45, 2.75) is 44.6 Å². The summed E-state index contributed by atoms with van der Waals surface area (Å²) in [4.78, 5) is 12.2. The molecule has 0 spiro atoms. The van der Waals surface area contributed by atoms with Crippen LogP contribution in [-0.4, -0.2) is 24.3 Å². The monoisotopic (exact) mass is 404 g/mol. The van der Waals surface area contributed by atoms with E-state index in [-0.39, 0.29) is 11.5 Å². The fourth-order valence-electron chi connectivity index (χ4n) is 2.48. The van der Waals surface area contributed by atoms with Crippen LogP contribution in [0.25, 0.3) is 0 Å². The maximum absolute atomic E-state index is 13.5. The van der Waals surface area contributed by atoms with Gasteiger partial charge in [-0.25, -0.2) is 4.74 Å². The van der Waals surface area contributed by atoms with Crippen LogP contribution in [0.15, 0.2) is 0 Å². The summed E-state index contributed by atoms with van der Waals surface area (Å²) in [7, 11) is 0. The van der Waals surface area contributed by atoms with E-state index in [0.29, 0.717) is 29.7 Å². The van der Waals surface area contributed by atoms with Crippen LogP contribution in [-0.2, 0) is 22.4 Å². The van der Waals surface area contributed by atoms with Crippen molar-refractivity contribution >= 4 is 22.2 Å². The number of carbonyl (C=O) groups is 1. The van der Waals surface area contributed by atoms with Crippen molar-refractivity contribution < 1.29 is 40.3 Å². The summed E-state index contributed by atoms with van der Waals surface area (Å²) < 4.78 is 91.0. The predicted octanol–water partition coefficient (Wildman–Crippen LogP) is 4.45. The van der Waals surface area contributed by atoms with Gasteiger partial charge in [0.05, 0.1) is 5.56 Å². The maximum atomic E-state index is 13.5. The van der Waals surface area contributed by atoms with Crippen LogP contribution in [0.5, 0.6) is 0 Å². The van der Waals surface area contributed by atoms with Crippen LogP contribution in [0.1, 0.15) is 29.3 Å². The summed E-state index contributed by atoms with van der Waals surface area (Å²) >= 11 is 0.763. The van der Waals surface area contributed by atoms with Gasteiger partial charge in [-0.1, -0.05) is 6.92 Å². The molecule has 1 heterocycles. The third-order valence-corrected chi connectivity index (χ3v) is 4.91. The minimum absolute atomic E-state index is 0.152. The number of anilines is 1. The molecule has 1 N–H and O–H groups in total. The highest BCUT2D eigenvalue weighted by atomic mass is 32.1. The second-order valence-electron chi connectivity index (χ2n) is 5.76. The van der Waals surface area contributed by atoms with Gasteiger partial charge in [0, 0.05) is 4.88 Å². The zero-order chi connectivity index (χ0) is 19.9. The molecule has 0 aromatic carbocycles. The second kappa shape index (κ2) is 6.70. The summed E-state index contributed by atoms with van der Waals surface area (Å²) in [6.07, 6.45) is -10.5. The second-order valence-corrected chi connectivity index (χ2v) is 6.87. The third-order valence-electron chi connectivity index (χ3n) is 3.75. The number of halogens is 7. The molecule has 1 aliphatic carbocycles. The van der Waals surface area contributed by atoms with Gasteiger partial charge in [-0.15, -0.1) is 24.5 Å². The highest BCUT2D eigenvalue weighted by Crippen LogP contribution is 2.43. The topological polar surface area (TPSA) is 62.1 Å². The molecule has 0 fully saturated rings. The quantitative estimate of drug-likeness (QED) is 0.755. The normalized spacial score (nSPS) is 18.2. The van der Waals surface area contributed by atoms with Crippen LogP contribution in [0.4, 0.5) is 35.7 Å². The summed E-state index contributed by atoms with van der Waals surface area (Å²) in [6.45, 7) is 1.91. The first-order valence-corrected chi connectivity index (χ1v) is 7.98. The fraction of sp³-hybridized carbons (Fsp3) is 0.571. The van der Waals surface area contributed by atoms with Gasteiger partial charge < -0.3 is 5.32 Å². The van der Waals surface area contributed by atoms with Crippen LogP contribution in [0.3, 0.4) is 0 Å². The van der Waals surface area contributed by atoms with E-state index >= 15 is 0 Å². The maximum Gasteiger partial charge on any atom is 0.527 e. The average molecular weight is 404 g/mol. The number of thiophene rings is 1. The van der Waals surface area contributed by atoms with Crippen molar-refractivity contribution in [3.05, 3.63) is 16.0 Å². The molecule has 0 bridgehead atoms. The van der Waals surface area contributed by atoms with Gasteiger partial charge in [-0.3, -0.25) is 4.79 Å². The van der Waals surface area contributed by atoms with Crippen molar-refractivity contribution in [1.82, 2.24) is 0 Å². The summed E-state index contributed by atoms with van der Waals surface area (Å²) in [5, 5.41) is 10.2. The molecule has 0 radical (unpaired) electrons. The Bertz CT molecular complexity index is 752. The van der Waals surface area contributed by atoms with Crippen LogP contribution in [0, 0.1) is 17.2 Å². The van der Waals surface area contributed by atoms with E-state index in [2.05, 4.69) is 4.74 Å². The van der Waals surface area contributed by atoms with Crippen molar-refractivity contribution in [3.8, 4) is 6.07 Å². The van der Waals surface area contributed by atoms with E-state index in [1.807, 2.05) is 6.92 Å². The number of rotatable bonds is 4. The van der Waals surface area contributed by atoms with Gasteiger partial charge in [0.25, 0.3) is 0 Å². The number of hydrogen-bond donors (Lipinski definition) is 1. The Hall–Kier alpha value is -1.87. The van der Waals surface area contributed by atoms with E-state index in [4.69, 9.17) is 5.26 Å². The van der Waals surface area contributed by atoms with Crippen LogP contribution >= 0.6 is 11.3 Å². The number of alkyl halides is 7. The van der Waals surface area contributed by atoms with Crippen molar-refractivity contribution in [2.24, 2.45) is 5.92 Å². The molecule has 0 aliphatic heterocycles. The number of nitriles is 1. The summed E-state index contributed by atoms with van der Waals surface area (Å²) in [5.74, 6) is -8.27. The van der Waals surface area contributed by atoms with Gasteiger partial charge in [0.2, 0.25) is 0 Å². The Morgan fingerprint density at radius 1 is 1.27 bits per heavy atom. The van der Waals surface area contributed by atoms with Crippen molar-refractivity contribution in [2.75, 3.05) is 5.32 Å². The van der Waals surface area contributed by atoms with E-state index in [1.54, 1.807) is 6.07 Å². The summed E-state index contributed by atoms with van der Waals surface area (Å²) in [5.41, 5.74) is 0.369. The first-order valence-electron chi connectivity index (χ1n) is 7.17. The number of amides is 1. The number of hydrogen-bond acceptors (Lipinski definition) is 4. The molecule has 12 heteroatoms. The van der Waals surface area contributed by atoms with Gasteiger partial charge in [0.1, 0.15) is 11.1 Å². The van der Waals surface area contributed by atoms with Crippen LogP contribution in [0.2, 0.25) is 0 Å². The molecule has 0 unspecified atom stereocenters. The molecular weight excluding hydrogens is 393 g/mol. The highest BCUT2D eigenvalue weighted by Gasteiger charge is 2.67. The van der Waals surface area contributed by atoms with Gasteiger partial charge in [0.15, 0.2) is 0 Å². The largest absolute Gasteiger partial charge is 0.527 e. The van der Waals surface area contributed by atoms with Gasteiger partial charge >= 0.3 is 24.3 Å². The van der Waals surface area contributed by atoms with E-state index in [1.165, 1.54) is 5.32 Å². The van der Waals surface area contributed by atoms with Crippen molar-refractivity contribution in [3.63, 3.8) is 0 Å². The molecule has 0 saturated heterocycles. The Balaban J connectivity index is 2.28. The minimum atomic E-state index is -6.12. The smallest absolute Gasteiger partial charge is 0.311 e. The first kappa shape index (κ1) is 20.4. The molecule has 1 atom stereocenters. The third kappa shape index (κ3) is 3.93. The van der Waals surface area contributed by atoms with Crippen molar-refractivity contribution in [1.29, 1.82) is 5.26 Å². The SMILES string of the molecule is C[C@@H]1CCc2c(sc(NC(=O)C(F)(F)C(F)(F)OC(F)(F)F)c2C#N)C1.